The fourth-order valence-corrected chi connectivity index (χ4v) is 3.15. The van der Waals surface area contributed by atoms with Crippen LogP contribution in [0.25, 0.3) is 0 Å². The zero-order valence-electron chi connectivity index (χ0n) is 14.1. The molecule has 0 saturated heterocycles. The number of hydrogen-bond acceptors (Lipinski definition) is 3. The van der Waals surface area contributed by atoms with Crippen LogP contribution in [0.4, 0.5) is 0 Å². The topological polar surface area (TPSA) is 66.8 Å². The summed E-state index contributed by atoms with van der Waals surface area (Å²) in [6.07, 6.45) is 5.85. The van der Waals surface area contributed by atoms with Gasteiger partial charge < -0.3 is 14.9 Å². The van der Waals surface area contributed by atoms with Crippen molar-refractivity contribution in [2.75, 3.05) is 0 Å². The van der Waals surface area contributed by atoms with E-state index in [1.54, 1.807) is 12.1 Å². The highest BCUT2D eigenvalue weighted by molar-refractivity contribution is 5.87. The van der Waals surface area contributed by atoms with Crippen LogP contribution in [0.3, 0.4) is 0 Å². The maximum atomic E-state index is 11.3. The molecule has 0 aliphatic heterocycles. The summed E-state index contributed by atoms with van der Waals surface area (Å²) in [5, 5.41) is 19.8. The molecular weight excluding hydrogens is 292 g/mol. The van der Waals surface area contributed by atoms with Crippen LogP contribution >= 0.6 is 0 Å². The molecule has 1 unspecified atom stereocenters. The van der Waals surface area contributed by atoms with Crippen molar-refractivity contribution in [3.05, 3.63) is 34.9 Å². The van der Waals surface area contributed by atoms with Crippen LogP contribution in [0.1, 0.15) is 63.5 Å². The number of allylic oxidation sites excluding steroid dienone is 1. The minimum atomic E-state index is -0.872. The van der Waals surface area contributed by atoms with E-state index in [1.165, 1.54) is 0 Å². The molecule has 0 amide bonds. The first-order valence-electron chi connectivity index (χ1n) is 8.38. The molecule has 2 N–H and O–H groups in total. The second-order valence-corrected chi connectivity index (χ2v) is 6.44. The Morgan fingerprint density at radius 2 is 2.13 bits per heavy atom. The maximum absolute atomic E-state index is 11.3. The summed E-state index contributed by atoms with van der Waals surface area (Å²) in [6, 6.07) is 3.77. The number of aliphatic carboxylic acids is 1. The van der Waals surface area contributed by atoms with Crippen molar-refractivity contribution in [1.29, 1.82) is 0 Å². The van der Waals surface area contributed by atoms with Crippen LogP contribution in [-0.4, -0.2) is 22.3 Å². The van der Waals surface area contributed by atoms with Crippen LogP contribution in [0.2, 0.25) is 0 Å². The lowest BCUT2D eigenvalue weighted by atomic mass is 9.84. The normalized spacial score (nSPS) is 17.9. The summed E-state index contributed by atoms with van der Waals surface area (Å²) in [5.41, 5.74) is 2.19. The Balaban J connectivity index is 2.47. The zero-order chi connectivity index (χ0) is 17.0. The van der Waals surface area contributed by atoms with E-state index in [2.05, 4.69) is 6.92 Å². The van der Waals surface area contributed by atoms with E-state index >= 15 is 0 Å². The Hall–Kier alpha value is -1.97. The van der Waals surface area contributed by atoms with Crippen molar-refractivity contribution < 1.29 is 19.7 Å². The molecule has 126 valence electrons. The molecule has 4 nitrogen and oxygen atoms in total. The molecule has 2 rings (SSSR count). The zero-order valence-corrected chi connectivity index (χ0v) is 14.1. The van der Waals surface area contributed by atoms with E-state index in [-0.39, 0.29) is 17.8 Å². The van der Waals surface area contributed by atoms with Crippen LogP contribution in [0.15, 0.2) is 23.8 Å². The van der Waals surface area contributed by atoms with E-state index in [1.807, 2.05) is 19.9 Å². The van der Waals surface area contributed by atoms with E-state index in [0.29, 0.717) is 17.7 Å². The Morgan fingerprint density at radius 1 is 1.39 bits per heavy atom. The standard InChI is InChI=1S/C19H26O4/c1-4-6-13-9-16(20)18(17(10-13)23-12(2)3)14-7-5-8-15(11-14)19(21)22/h9-12,14,20H,4-8H2,1-3H3,(H,21,22). The van der Waals surface area contributed by atoms with Crippen LogP contribution in [0.5, 0.6) is 11.5 Å². The predicted octanol–water partition coefficient (Wildman–Crippen LogP) is 4.41. The quantitative estimate of drug-likeness (QED) is 0.815. The van der Waals surface area contributed by atoms with Crippen molar-refractivity contribution in [1.82, 2.24) is 0 Å². The fourth-order valence-electron chi connectivity index (χ4n) is 3.15. The molecular formula is C19H26O4. The second kappa shape index (κ2) is 7.53. The lowest BCUT2D eigenvalue weighted by Gasteiger charge is -2.24. The largest absolute Gasteiger partial charge is 0.507 e. The number of aromatic hydroxyl groups is 1. The minimum absolute atomic E-state index is 0.00320. The van der Waals surface area contributed by atoms with Gasteiger partial charge in [-0.2, -0.15) is 0 Å². The molecule has 0 spiro atoms. The molecule has 0 saturated carbocycles. The Kier molecular flexibility index (Phi) is 5.69. The molecule has 1 atom stereocenters. The number of benzene rings is 1. The lowest BCUT2D eigenvalue weighted by molar-refractivity contribution is -0.132. The van der Waals surface area contributed by atoms with E-state index in [4.69, 9.17) is 4.74 Å². The van der Waals surface area contributed by atoms with Gasteiger partial charge in [-0.15, -0.1) is 0 Å². The summed E-state index contributed by atoms with van der Waals surface area (Å²) in [5.74, 6) is -0.0989. The molecule has 23 heavy (non-hydrogen) atoms. The van der Waals surface area contributed by atoms with Gasteiger partial charge >= 0.3 is 5.97 Å². The number of carboxylic acid groups (broad SMARTS) is 1. The summed E-state index contributed by atoms with van der Waals surface area (Å²) < 4.78 is 5.93. The number of ether oxygens (including phenoxy) is 1. The number of carboxylic acids is 1. The van der Waals surface area contributed by atoms with Crippen LogP contribution in [-0.2, 0) is 11.2 Å². The molecule has 0 heterocycles. The van der Waals surface area contributed by atoms with Crippen molar-refractivity contribution in [3.8, 4) is 11.5 Å². The van der Waals surface area contributed by atoms with Gasteiger partial charge in [0.05, 0.1) is 6.10 Å². The van der Waals surface area contributed by atoms with Gasteiger partial charge in [0.1, 0.15) is 11.5 Å². The van der Waals surface area contributed by atoms with Gasteiger partial charge in [0.2, 0.25) is 0 Å². The summed E-state index contributed by atoms with van der Waals surface area (Å²) in [7, 11) is 0. The van der Waals surface area contributed by atoms with Gasteiger partial charge in [0, 0.05) is 17.1 Å². The first-order chi connectivity index (χ1) is 10.9. The molecule has 0 aromatic heterocycles. The third-order valence-electron chi connectivity index (χ3n) is 4.09. The van der Waals surface area contributed by atoms with E-state index in [9.17, 15) is 15.0 Å². The first-order valence-corrected chi connectivity index (χ1v) is 8.38. The highest BCUT2D eigenvalue weighted by Crippen LogP contribution is 2.42. The second-order valence-electron chi connectivity index (χ2n) is 6.44. The monoisotopic (exact) mass is 318 g/mol. The third kappa shape index (κ3) is 4.27. The molecule has 0 fully saturated rings. The number of aryl methyl sites for hydroxylation is 1. The lowest BCUT2D eigenvalue weighted by Crippen LogP contribution is -2.13. The Labute approximate surface area is 137 Å². The smallest absolute Gasteiger partial charge is 0.331 e. The molecule has 4 heteroatoms. The first kappa shape index (κ1) is 17.4. The third-order valence-corrected chi connectivity index (χ3v) is 4.09. The van der Waals surface area contributed by atoms with Crippen molar-refractivity contribution in [3.63, 3.8) is 0 Å². The van der Waals surface area contributed by atoms with Crippen LogP contribution in [0, 0.1) is 0 Å². The van der Waals surface area contributed by atoms with Crippen molar-refractivity contribution >= 4 is 5.97 Å². The highest BCUT2D eigenvalue weighted by atomic mass is 16.5. The molecule has 1 aliphatic carbocycles. The fraction of sp³-hybridized carbons (Fsp3) is 0.526. The number of rotatable bonds is 6. The number of hydrogen-bond donors (Lipinski definition) is 2. The summed E-state index contributed by atoms with van der Waals surface area (Å²) in [6.45, 7) is 6.00. The molecule has 0 bridgehead atoms. The molecule has 1 aliphatic rings. The van der Waals surface area contributed by atoms with Gasteiger partial charge in [-0.25, -0.2) is 4.79 Å². The summed E-state index contributed by atoms with van der Waals surface area (Å²) in [4.78, 5) is 11.3. The van der Waals surface area contributed by atoms with Gasteiger partial charge in [-0.1, -0.05) is 19.4 Å². The van der Waals surface area contributed by atoms with E-state index in [0.717, 1.165) is 36.8 Å². The summed E-state index contributed by atoms with van der Waals surface area (Å²) >= 11 is 0. The van der Waals surface area contributed by atoms with Crippen molar-refractivity contribution in [2.24, 2.45) is 0 Å². The van der Waals surface area contributed by atoms with Gasteiger partial charge in [0.15, 0.2) is 0 Å². The minimum Gasteiger partial charge on any atom is -0.507 e. The molecule has 1 aromatic rings. The van der Waals surface area contributed by atoms with Crippen molar-refractivity contribution in [2.45, 2.75) is 64.9 Å². The average molecular weight is 318 g/mol. The van der Waals surface area contributed by atoms with Gasteiger partial charge in [-0.05, 0) is 57.2 Å². The number of phenols is 1. The van der Waals surface area contributed by atoms with E-state index < -0.39 is 5.97 Å². The highest BCUT2D eigenvalue weighted by Gasteiger charge is 2.25. The predicted molar refractivity (Wildman–Crippen MR) is 90.2 cm³/mol. The number of carbonyl (C=O) groups is 1. The SMILES string of the molecule is CCCc1cc(O)c(C2C=C(C(=O)O)CCC2)c(OC(C)C)c1. The average Bonchev–Trinajstić information content (AvgIpc) is 2.46. The Bertz CT molecular complexity index is 602. The van der Waals surface area contributed by atoms with Crippen LogP contribution < -0.4 is 4.74 Å². The Morgan fingerprint density at radius 3 is 2.74 bits per heavy atom. The maximum Gasteiger partial charge on any atom is 0.331 e. The van der Waals surface area contributed by atoms with Gasteiger partial charge in [-0.3, -0.25) is 0 Å². The number of phenolic OH excluding ortho intramolecular Hbond substituents is 1. The molecule has 1 aromatic carbocycles. The van der Waals surface area contributed by atoms with Gasteiger partial charge in [0.25, 0.3) is 0 Å². The molecule has 0 radical (unpaired) electrons.